The average Bonchev–Trinajstić information content (AvgIpc) is 3.68. The maximum atomic E-state index is 13.3. The van der Waals surface area contributed by atoms with Gasteiger partial charge < -0.3 is 14.5 Å². The number of carbonyl (C=O) groups excluding carboxylic acids is 1. The summed E-state index contributed by atoms with van der Waals surface area (Å²) in [4.78, 5) is 22.1. The normalized spacial score (nSPS) is 13.4. The number of methoxy groups -OCH3 is 1. The number of hydrogen-bond donors (Lipinski definition) is 0. The van der Waals surface area contributed by atoms with Crippen molar-refractivity contribution in [3.8, 4) is 22.8 Å². The van der Waals surface area contributed by atoms with Gasteiger partial charge in [0.05, 0.1) is 12.9 Å². The van der Waals surface area contributed by atoms with Crippen LogP contribution < -0.4 is 9.64 Å². The van der Waals surface area contributed by atoms with E-state index in [1.807, 2.05) is 58.8 Å². The summed E-state index contributed by atoms with van der Waals surface area (Å²) in [6.07, 6.45) is 0. The lowest BCUT2D eigenvalue weighted by molar-refractivity contribution is 0.0741. The van der Waals surface area contributed by atoms with Gasteiger partial charge in [-0.15, -0.1) is 21.5 Å². The van der Waals surface area contributed by atoms with Crippen LogP contribution in [0.3, 0.4) is 0 Å². The molecule has 0 N–H and O–H groups in total. The van der Waals surface area contributed by atoms with Gasteiger partial charge in [0.25, 0.3) is 5.91 Å². The standard InChI is InChI=1S/C31H29ClN6O2S2/c1-21-9-11-24(12-10-21)38-29(22-5-3-8-26(17-22)40-2)34-35-31(38)42-20-28-33-27(19-41-28)30(39)37-15-13-36(14-16-37)25-7-4-6-23(32)18-25/h3-12,17-19H,13-16,20H2,1-2H3. The first-order valence-electron chi connectivity index (χ1n) is 13.5. The van der Waals surface area contributed by atoms with Crippen LogP contribution in [0, 0.1) is 6.92 Å². The Balaban J connectivity index is 1.15. The van der Waals surface area contributed by atoms with E-state index in [-0.39, 0.29) is 5.91 Å². The highest BCUT2D eigenvalue weighted by Gasteiger charge is 2.24. The molecule has 1 amide bonds. The van der Waals surface area contributed by atoms with Gasteiger partial charge in [-0.25, -0.2) is 4.98 Å². The lowest BCUT2D eigenvalue weighted by Crippen LogP contribution is -2.48. The average molecular weight is 617 g/mol. The molecule has 1 aliphatic heterocycles. The van der Waals surface area contributed by atoms with Crippen LogP contribution in [-0.4, -0.2) is 63.8 Å². The molecule has 1 aliphatic rings. The van der Waals surface area contributed by atoms with Crippen LogP contribution in [0.4, 0.5) is 5.69 Å². The molecule has 0 spiro atoms. The van der Waals surface area contributed by atoms with Crippen molar-refractivity contribution in [1.29, 1.82) is 0 Å². The molecule has 8 nitrogen and oxygen atoms in total. The minimum Gasteiger partial charge on any atom is -0.497 e. The predicted molar refractivity (Wildman–Crippen MR) is 169 cm³/mol. The zero-order valence-corrected chi connectivity index (χ0v) is 25.6. The van der Waals surface area contributed by atoms with E-state index in [9.17, 15) is 4.79 Å². The molecule has 11 heteroatoms. The number of carbonyl (C=O) groups is 1. The van der Waals surface area contributed by atoms with Crippen LogP contribution in [0.5, 0.6) is 5.75 Å². The molecule has 0 saturated carbocycles. The van der Waals surface area contributed by atoms with Crippen molar-refractivity contribution in [3.05, 3.63) is 99.5 Å². The number of benzene rings is 3. The van der Waals surface area contributed by atoms with Crippen molar-refractivity contribution >= 4 is 46.3 Å². The van der Waals surface area contributed by atoms with Crippen LogP contribution in [0.1, 0.15) is 21.1 Å². The van der Waals surface area contributed by atoms with Crippen molar-refractivity contribution in [2.75, 3.05) is 38.2 Å². The van der Waals surface area contributed by atoms with Crippen molar-refractivity contribution in [2.24, 2.45) is 0 Å². The fourth-order valence-electron chi connectivity index (χ4n) is 4.84. The van der Waals surface area contributed by atoms with E-state index in [1.165, 1.54) is 16.9 Å². The van der Waals surface area contributed by atoms with E-state index in [4.69, 9.17) is 21.3 Å². The Morgan fingerprint density at radius 2 is 1.76 bits per heavy atom. The summed E-state index contributed by atoms with van der Waals surface area (Å²) in [6, 6.07) is 23.9. The number of piperazine rings is 1. The van der Waals surface area contributed by atoms with Crippen LogP contribution in [-0.2, 0) is 5.75 Å². The number of aromatic nitrogens is 4. The predicted octanol–water partition coefficient (Wildman–Crippen LogP) is 6.62. The van der Waals surface area contributed by atoms with E-state index in [0.717, 1.165) is 51.8 Å². The maximum Gasteiger partial charge on any atom is 0.273 e. The molecule has 0 unspecified atom stereocenters. The SMILES string of the molecule is COc1cccc(-c2nnc(SCc3nc(C(=O)N4CCN(c5cccc(Cl)c5)CC4)cs3)n2-c2ccc(C)cc2)c1. The van der Waals surface area contributed by atoms with Gasteiger partial charge in [-0.05, 0) is 49.4 Å². The first-order chi connectivity index (χ1) is 20.5. The van der Waals surface area contributed by atoms with E-state index in [2.05, 4.69) is 50.9 Å². The number of amides is 1. The van der Waals surface area contributed by atoms with Gasteiger partial charge in [0.15, 0.2) is 11.0 Å². The molecule has 42 heavy (non-hydrogen) atoms. The fraction of sp³-hybridized carbons (Fsp3) is 0.226. The molecule has 5 aromatic rings. The van der Waals surface area contributed by atoms with Gasteiger partial charge >= 0.3 is 0 Å². The van der Waals surface area contributed by atoms with Gasteiger partial charge in [0, 0.05) is 53.5 Å². The Morgan fingerprint density at radius 3 is 2.52 bits per heavy atom. The lowest BCUT2D eigenvalue weighted by Gasteiger charge is -2.35. The van der Waals surface area contributed by atoms with Crippen molar-refractivity contribution in [3.63, 3.8) is 0 Å². The first-order valence-corrected chi connectivity index (χ1v) is 15.8. The number of ether oxygens (including phenoxy) is 1. The number of anilines is 1. The smallest absolute Gasteiger partial charge is 0.273 e. The Bertz CT molecular complexity index is 1700. The summed E-state index contributed by atoms with van der Waals surface area (Å²) in [5.41, 5.74) is 4.62. The summed E-state index contributed by atoms with van der Waals surface area (Å²) in [6.45, 7) is 4.85. The molecule has 3 heterocycles. The number of thiazole rings is 1. The van der Waals surface area contributed by atoms with Crippen LogP contribution in [0.2, 0.25) is 5.02 Å². The number of rotatable bonds is 8. The summed E-state index contributed by atoms with van der Waals surface area (Å²) in [7, 11) is 1.65. The molecule has 3 aromatic carbocycles. The summed E-state index contributed by atoms with van der Waals surface area (Å²) < 4.78 is 7.49. The minimum absolute atomic E-state index is 0.0311. The molecule has 0 radical (unpaired) electrons. The summed E-state index contributed by atoms with van der Waals surface area (Å²) >= 11 is 9.20. The fourth-order valence-corrected chi connectivity index (χ4v) is 6.77. The third-order valence-corrected chi connectivity index (χ3v) is 9.30. The summed E-state index contributed by atoms with van der Waals surface area (Å²) in [5, 5.41) is 13.3. The highest BCUT2D eigenvalue weighted by molar-refractivity contribution is 7.98. The van der Waals surface area contributed by atoms with E-state index >= 15 is 0 Å². The monoisotopic (exact) mass is 616 g/mol. The molecule has 1 fully saturated rings. The van der Waals surface area contributed by atoms with Crippen LogP contribution in [0.25, 0.3) is 17.1 Å². The topological polar surface area (TPSA) is 76.4 Å². The molecule has 0 bridgehead atoms. The number of halogens is 1. The third kappa shape index (κ3) is 6.16. The minimum atomic E-state index is -0.0311. The second-order valence-electron chi connectivity index (χ2n) is 9.88. The highest BCUT2D eigenvalue weighted by atomic mass is 35.5. The Labute approximate surface area is 257 Å². The van der Waals surface area contributed by atoms with Crippen LogP contribution in [0.15, 0.2) is 83.3 Å². The largest absolute Gasteiger partial charge is 0.497 e. The first kappa shape index (κ1) is 28.3. The van der Waals surface area contributed by atoms with E-state index < -0.39 is 0 Å². The van der Waals surface area contributed by atoms with Gasteiger partial charge in [-0.1, -0.05) is 59.3 Å². The quantitative estimate of drug-likeness (QED) is 0.181. The van der Waals surface area contributed by atoms with Gasteiger partial charge in [0.2, 0.25) is 0 Å². The third-order valence-electron chi connectivity index (χ3n) is 7.09. The molecular weight excluding hydrogens is 588 g/mol. The van der Waals surface area contributed by atoms with Gasteiger partial charge in [0.1, 0.15) is 16.5 Å². The molecule has 6 rings (SSSR count). The molecule has 2 aromatic heterocycles. The number of aryl methyl sites for hydroxylation is 1. The Hall–Kier alpha value is -3.86. The van der Waals surface area contributed by atoms with Gasteiger partial charge in [-0.2, -0.15) is 0 Å². The van der Waals surface area contributed by atoms with E-state index in [1.54, 1.807) is 18.9 Å². The Morgan fingerprint density at radius 1 is 0.976 bits per heavy atom. The van der Waals surface area contributed by atoms with E-state index in [0.29, 0.717) is 29.6 Å². The van der Waals surface area contributed by atoms with Gasteiger partial charge in [-0.3, -0.25) is 9.36 Å². The van der Waals surface area contributed by atoms with Crippen LogP contribution >= 0.6 is 34.7 Å². The van der Waals surface area contributed by atoms with Crippen molar-refractivity contribution in [1.82, 2.24) is 24.6 Å². The maximum absolute atomic E-state index is 13.3. The lowest BCUT2D eigenvalue weighted by atomic mass is 10.2. The molecule has 1 saturated heterocycles. The number of nitrogens with zero attached hydrogens (tertiary/aromatic N) is 6. The zero-order valence-electron chi connectivity index (χ0n) is 23.2. The number of thioether (sulfide) groups is 1. The van der Waals surface area contributed by atoms with Crippen molar-refractivity contribution < 1.29 is 9.53 Å². The second-order valence-corrected chi connectivity index (χ2v) is 12.2. The summed E-state index contributed by atoms with van der Waals surface area (Å²) in [5.74, 6) is 2.03. The molecule has 214 valence electrons. The Kier molecular flexibility index (Phi) is 8.46. The van der Waals surface area contributed by atoms with Crippen molar-refractivity contribution in [2.45, 2.75) is 17.8 Å². The molecule has 0 aliphatic carbocycles. The highest BCUT2D eigenvalue weighted by Crippen LogP contribution is 2.32. The molecular formula is C31H29ClN6O2S2. The zero-order chi connectivity index (χ0) is 29.1. The molecule has 0 atom stereocenters. The number of hydrogen-bond acceptors (Lipinski definition) is 8. The second kappa shape index (κ2) is 12.6.